The number of para-hydroxylation sites is 1. The molecule has 4 aromatic rings. The van der Waals surface area contributed by atoms with Gasteiger partial charge in [-0.1, -0.05) is 48.0 Å². The Bertz CT molecular complexity index is 1730. The van der Waals surface area contributed by atoms with Crippen LogP contribution in [0.15, 0.2) is 101 Å². The van der Waals surface area contributed by atoms with Gasteiger partial charge < -0.3 is 19.5 Å². The number of hydrogen-bond donors (Lipinski definition) is 1. The molecule has 1 N–H and O–H groups in total. The van der Waals surface area contributed by atoms with Gasteiger partial charge in [0.25, 0.3) is 11.8 Å². The number of ether oxygens (including phenoxy) is 3. The van der Waals surface area contributed by atoms with E-state index in [1.165, 1.54) is 11.8 Å². The largest absolute Gasteiger partial charge is 0.497 e. The number of benzene rings is 4. The number of rotatable bonds is 11. The fourth-order valence-electron chi connectivity index (χ4n) is 4.45. The number of nitrogens with one attached hydrogen (secondary N) is 1. The molecule has 0 radical (unpaired) electrons. The van der Waals surface area contributed by atoms with Crippen LogP contribution in [0.3, 0.4) is 0 Å². The molecule has 10 heteroatoms. The summed E-state index contributed by atoms with van der Waals surface area (Å²) in [4.78, 5) is 33.4. The summed E-state index contributed by atoms with van der Waals surface area (Å²) in [7, 11) is 1.62. The van der Waals surface area contributed by atoms with Gasteiger partial charge >= 0.3 is 0 Å². The lowest BCUT2D eigenvalue weighted by Gasteiger charge is -2.16. The number of halogens is 1. The van der Waals surface area contributed by atoms with Crippen molar-refractivity contribution in [2.45, 2.75) is 20.4 Å². The molecule has 0 aliphatic carbocycles. The van der Waals surface area contributed by atoms with Crippen LogP contribution in [0.4, 0.5) is 11.4 Å². The third-order valence-corrected chi connectivity index (χ3v) is 8.49. The first-order valence-corrected chi connectivity index (χ1v) is 16.2. The molecule has 0 spiro atoms. The molecule has 8 nitrogen and oxygen atoms in total. The molecule has 45 heavy (non-hydrogen) atoms. The molecule has 0 atom stereocenters. The lowest BCUT2D eigenvalue weighted by atomic mass is 10.1. The highest BCUT2D eigenvalue weighted by Gasteiger charge is 2.33. The molecule has 5 rings (SSSR count). The molecule has 2 amide bonds. The molecule has 0 saturated carbocycles. The van der Waals surface area contributed by atoms with E-state index in [1.807, 2.05) is 111 Å². The van der Waals surface area contributed by atoms with Crippen molar-refractivity contribution >= 4 is 68.8 Å². The minimum atomic E-state index is -0.279. The van der Waals surface area contributed by atoms with Crippen molar-refractivity contribution in [3.05, 3.63) is 116 Å². The topological polar surface area (TPSA) is 89.5 Å². The third kappa shape index (κ3) is 8.46. The Morgan fingerprint density at radius 3 is 2.42 bits per heavy atom. The molecule has 1 aliphatic rings. The van der Waals surface area contributed by atoms with Gasteiger partial charge in [0, 0.05) is 5.69 Å². The Morgan fingerprint density at radius 1 is 1.00 bits per heavy atom. The summed E-state index contributed by atoms with van der Waals surface area (Å²) in [6.07, 6.45) is 1.83. The van der Waals surface area contributed by atoms with Gasteiger partial charge in [0.05, 0.1) is 34.4 Å². The smallest absolute Gasteiger partial charge is 0.267 e. The molecule has 0 aromatic heterocycles. The number of nitrogens with zero attached hydrogens (tertiary/aromatic N) is 2. The molecular weight excluding hydrogens is 701 g/mol. The number of carbonyl (C=O) groups excluding carboxylic acids is 2. The fraction of sp³-hybridized carbons (Fsp3) is 0.171. The highest BCUT2D eigenvalue weighted by Crippen LogP contribution is 2.39. The lowest BCUT2D eigenvalue weighted by molar-refractivity contribution is -0.122. The SMILES string of the molecule is CCOc1cc(/C=C2\SC(=Nc3ccccc3)N(Cc3ccc(OC)cc3)C2=O)cc(I)c1OCC(=O)Nc1ccc(C)cc1. The number of amides is 2. The van der Waals surface area contributed by atoms with E-state index in [-0.39, 0.29) is 18.4 Å². The van der Waals surface area contributed by atoms with Gasteiger partial charge in [-0.2, -0.15) is 0 Å². The van der Waals surface area contributed by atoms with Crippen LogP contribution in [0.25, 0.3) is 6.08 Å². The van der Waals surface area contributed by atoms with Crippen LogP contribution in [0.1, 0.15) is 23.6 Å². The standard InChI is InChI=1S/C35H32IN3O5S/c1-4-43-30-19-25(18-29(36)33(30)44-22-32(40)37-27-14-10-23(2)11-15-27)20-31-34(41)39(21-24-12-16-28(42-3)17-13-24)35(45-31)38-26-8-6-5-7-9-26/h5-20H,4,21-22H2,1-3H3,(H,37,40)/b31-20-,38-35?. The van der Waals surface area contributed by atoms with E-state index in [0.717, 1.165) is 31.7 Å². The predicted molar refractivity (Wildman–Crippen MR) is 188 cm³/mol. The zero-order valence-electron chi connectivity index (χ0n) is 25.1. The number of thioether (sulfide) groups is 1. The predicted octanol–water partition coefficient (Wildman–Crippen LogP) is 7.83. The van der Waals surface area contributed by atoms with Crippen molar-refractivity contribution in [2.24, 2.45) is 4.99 Å². The first kappa shape index (κ1) is 32.1. The van der Waals surface area contributed by atoms with E-state index in [9.17, 15) is 9.59 Å². The summed E-state index contributed by atoms with van der Waals surface area (Å²) in [5.41, 5.74) is 4.28. The van der Waals surface area contributed by atoms with E-state index < -0.39 is 0 Å². The second-order valence-corrected chi connectivity index (χ2v) is 12.2. The Morgan fingerprint density at radius 2 is 1.73 bits per heavy atom. The van der Waals surface area contributed by atoms with Crippen LogP contribution >= 0.6 is 34.4 Å². The molecular formula is C35H32IN3O5S. The number of aryl methyl sites for hydroxylation is 1. The van der Waals surface area contributed by atoms with Crippen molar-refractivity contribution in [2.75, 3.05) is 25.6 Å². The molecule has 230 valence electrons. The molecule has 4 aromatic carbocycles. The summed E-state index contributed by atoms with van der Waals surface area (Å²) < 4.78 is 17.9. The highest BCUT2D eigenvalue weighted by molar-refractivity contribution is 14.1. The minimum Gasteiger partial charge on any atom is -0.497 e. The maximum atomic E-state index is 13.8. The molecule has 0 unspecified atom stereocenters. The van der Waals surface area contributed by atoms with Gasteiger partial charge in [-0.05, 0) is 114 Å². The maximum absolute atomic E-state index is 13.8. The van der Waals surface area contributed by atoms with E-state index in [1.54, 1.807) is 12.0 Å². The summed E-state index contributed by atoms with van der Waals surface area (Å²) in [5, 5.41) is 3.43. The summed E-state index contributed by atoms with van der Waals surface area (Å²) in [6.45, 7) is 4.45. The van der Waals surface area contributed by atoms with Crippen LogP contribution in [-0.4, -0.2) is 42.2 Å². The second-order valence-electron chi connectivity index (χ2n) is 10.0. The number of amidine groups is 1. The Kier molecular flexibility index (Phi) is 10.8. The third-order valence-electron chi connectivity index (χ3n) is 6.68. The normalized spacial score (nSPS) is 14.6. The van der Waals surface area contributed by atoms with Gasteiger partial charge in [0.2, 0.25) is 0 Å². The van der Waals surface area contributed by atoms with Gasteiger partial charge in [-0.15, -0.1) is 0 Å². The first-order chi connectivity index (χ1) is 21.8. The molecule has 0 bridgehead atoms. The fourth-order valence-corrected chi connectivity index (χ4v) is 6.23. The number of carbonyl (C=O) groups is 2. The van der Waals surface area contributed by atoms with Crippen LogP contribution in [0.5, 0.6) is 17.2 Å². The average Bonchev–Trinajstić information content (AvgIpc) is 3.31. The van der Waals surface area contributed by atoms with Crippen molar-refractivity contribution in [3.8, 4) is 17.2 Å². The molecule has 1 heterocycles. The van der Waals surface area contributed by atoms with E-state index in [2.05, 4.69) is 27.9 Å². The van der Waals surface area contributed by atoms with Gasteiger partial charge in [-0.3, -0.25) is 14.5 Å². The molecule has 1 fully saturated rings. The Hall–Kier alpha value is -4.29. The average molecular weight is 734 g/mol. The number of methoxy groups -OCH3 is 1. The zero-order chi connectivity index (χ0) is 31.8. The van der Waals surface area contributed by atoms with Crippen molar-refractivity contribution < 1.29 is 23.8 Å². The summed E-state index contributed by atoms with van der Waals surface area (Å²) in [6, 6.07) is 28.5. The van der Waals surface area contributed by atoms with Gasteiger partial charge in [0.15, 0.2) is 23.3 Å². The number of hydrogen-bond acceptors (Lipinski definition) is 7. The Balaban J connectivity index is 1.38. The van der Waals surface area contributed by atoms with Gasteiger partial charge in [0.1, 0.15) is 5.75 Å². The van der Waals surface area contributed by atoms with Crippen LogP contribution in [0.2, 0.25) is 0 Å². The van der Waals surface area contributed by atoms with Crippen molar-refractivity contribution in [1.82, 2.24) is 4.90 Å². The molecule has 1 saturated heterocycles. The summed E-state index contributed by atoms with van der Waals surface area (Å²) in [5.74, 6) is 1.28. The van der Waals surface area contributed by atoms with Crippen molar-refractivity contribution in [1.29, 1.82) is 0 Å². The monoisotopic (exact) mass is 733 g/mol. The zero-order valence-corrected chi connectivity index (χ0v) is 28.1. The Labute approximate surface area is 280 Å². The van der Waals surface area contributed by atoms with E-state index in [4.69, 9.17) is 19.2 Å². The van der Waals surface area contributed by atoms with E-state index in [0.29, 0.717) is 40.4 Å². The lowest BCUT2D eigenvalue weighted by Crippen LogP contribution is -2.28. The van der Waals surface area contributed by atoms with Crippen molar-refractivity contribution in [3.63, 3.8) is 0 Å². The summed E-state index contributed by atoms with van der Waals surface area (Å²) >= 11 is 3.48. The highest BCUT2D eigenvalue weighted by atomic mass is 127. The first-order valence-electron chi connectivity index (χ1n) is 14.3. The molecule has 1 aliphatic heterocycles. The minimum absolute atomic E-state index is 0.147. The van der Waals surface area contributed by atoms with Crippen LogP contribution < -0.4 is 19.5 Å². The van der Waals surface area contributed by atoms with E-state index >= 15 is 0 Å². The van der Waals surface area contributed by atoms with Gasteiger partial charge in [-0.25, -0.2) is 4.99 Å². The second kappa shape index (κ2) is 15.1. The maximum Gasteiger partial charge on any atom is 0.267 e. The van der Waals surface area contributed by atoms with Crippen LogP contribution in [-0.2, 0) is 16.1 Å². The quantitative estimate of drug-likeness (QED) is 0.125. The number of aliphatic imine (C=N–C) groups is 1. The van der Waals surface area contributed by atoms with Crippen LogP contribution in [0, 0.1) is 10.5 Å². The number of anilines is 1.